The number of aliphatic carboxylic acids is 1. The highest BCUT2D eigenvalue weighted by molar-refractivity contribution is 5.63. The molecule has 0 amide bonds. The van der Waals surface area contributed by atoms with Gasteiger partial charge in [0.2, 0.25) is 0 Å². The van der Waals surface area contributed by atoms with Gasteiger partial charge in [-0.15, -0.1) is 0 Å². The summed E-state index contributed by atoms with van der Waals surface area (Å²) in [6.07, 6.45) is 21.9. The fourth-order valence-electron chi connectivity index (χ4n) is 2.05. The second-order valence-corrected chi connectivity index (χ2v) is 5.34. The Hall–Kier alpha value is -1.05. The van der Waals surface area contributed by atoms with Crippen LogP contribution in [0.4, 0.5) is 0 Å². The van der Waals surface area contributed by atoms with E-state index in [4.69, 9.17) is 0 Å². The Morgan fingerprint density at radius 2 is 1.25 bits per heavy atom. The minimum atomic E-state index is -0.920. The van der Waals surface area contributed by atoms with Gasteiger partial charge in [0.05, 0.1) is 0 Å². The molecule has 0 aliphatic carbocycles. The zero-order valence-electron chi connectivity index (χ0n) is 13.1. The van der Waals surface area contributed by atoms with Crippen molar-refractivity contribution in [1.29, 1.82) is 0 Å². The Morgan fingerprint density at radius 1 is 0.750 bits per heavy atom. The topological polar surface area (TPSA) is 40.1 Å². The van der Waals surface area contributed by atoms with Crippen molar-refractivity contribution in [3.63, 3.8) is 0 Å². The van der Waals surface area contributed by atoms with E-state index in [1.807, 2.05) is 0 Å². The number of allylic oxidation sites excluding steroid dienone is 4. The highest BCUT2D eigenvalue weighted by atomic mass is 16.4. The molecule has 0 saturated carbocycles. The Morgan fingerprint density at radius 3 is 1.85 bits per heavy atom. The quantitative estimate of drug-likeness (QED) is 0.346. The van der Waals surface area contributed by atoms with E-state index in [0.717, 1.165) is 38.5 Å². The van der Waals surface area contributed by atoms with Gasteiger partial charge < -0.3 is 9.90 Å². The molecule has 2 nitrogen and oxygen atoms in total. The maximum Gasteiger partial charge on any atom is 0.0414 e. The van der Waals surface area contributed by atoms with Crippen LogP contribution >= 0.6 is 0 Å². The number of carbonyl (C=O) groups excluding carboxylic acids is 1. The third kappa shape index (κ3) is 16.9. The standard InChI is InChI=1S/C18H32O2/c1-2-3-4-5-6-7-8-9-10-11-12-13-14-15-16-17-18(19)20/h5-6,9-10H,2-4,7-8,11-17H2,1H3,(H,19,20)/p-1/b6-5+,10-9+. The van der Waals surface area contributed by atoms with Crippen molar-refractivity contribution in [2.75, 3.05) is 0 Å². The van der Waals surface area contributed by atoms with E-state index in [0.29, 0.717) is 0 Å². The van der Waals surface area contributed by atoms with Crippen LogP contribution < -0.4 is 5.11 Å². The van der Waals surface area contributed by atoms with Gasteiger partial charge in [0.25, 0.3) is 0 Å². The van der Waals surface area contributed by atoms with E-state index in [9.17, 15) is 9.90 Å². The van der Waals surface area contributed by atoms with Gasteiger partial charge in [-0.1, -0.05) is 63.3 Å². The Bertz CT molecular complexity index is 267. The van der Waals surface area contributed by atoms with E-state index >= 15 is 0 Å². The van der Waals surface area contributed by atoms with Crippen LogP contribution in [0.3, 0.4) is 0 Å². The van der Waals surface area contributed by atoms with Crippen LogP contribution in [0.2, 0.25) is 0 Å². The molecular formula is C18H31O2-. The minimum absolute atomic E-state index is 0.214. The summed E-state index contributed by atoms with van der Waals surface area (Å²) >= 11 is 0. The summed E-state index contributed by atoms with van der Waals surface area (Å²) < 4.78 is 0. The van der Waals surface area contributed by atoms with Crippen molar-refractivity contribution in [3.8, 4) is 0 Å². The lowest BCUT2D eigenvalue weighted by atomic mass is 10.1. The first-order chi connectivity index (χ1) is 9.77. The molecular weight excluding hydrogens is 248 g/mol. The lowest BCUT2D eigenvalue weighted by Crippen LogP contribution is -2.21. The molecule has 0 N–H and O–H groups in total. The molecule has 0 unspecified atom stereocenters. The van der Waals surface area contributed by atoms with Crippen molar-refractivity contribution in [1.82, 2.24) is 0 Å². The van der Waals surface area contributed by atoms with Crippen LogP contribution in [0.15, 0.2) is 24.3 Å². The number of rotatable bonds is 14. The van der Waals surface area contributed by atoms with Gasteiger partial charge in [-0.3, -0.25) is 0 Å². The van der Waals surface area contributed by atoms with E-state index in [1.165, 1.54) is 32.1 Å². The fraction of sp³-hybridized carbons (Fsp3) is 0.722. The molecule has 0 rings (SSSR count). The molecule has 0 aromatic rings. The molecule has 0 aromatic heterocycles. The number of carboxylic acids is 1. The van der Waals surface area contributed by atoms with Crippen molar-refractivity contribution in [2.24, 2.45) is 0 Å². The van der Waals surface area contributed by atoms with Gasteiger partial charge >= 0.3 is 0 Å². The lowest BCUT2D eigenvalue weighted by molar-refractivity contribution is -0.305. The second kappa shape index (κ2) is 16.0. The minimum Gasteiger partial charge on any atom is -0.550 e. The smallest absolute Gasteiger partial charge is 0.0414 e. The van der Waals surface area contributed by atoms with Crippen molar-refractivity contribution >= 4 is 5.97 Å². The highest BCUT2D eigenvalue weighted by Gasteiger charge is 1.90. The molecule has 0 heterocycles. The molecule has 0 atom stereocenters. The third-order valence-electron chi connectivity index (χ3n) is 3.31. The summed E-state index contributed by atoms with van der Waals surface area (Å²) in [5.41, 5.74) is 0. The first-order valence-corrected chi connectivity index (χ1v) is 8.27. The molecule has 0 radical (unpaired) electrons. The van der Waals surface area contributed by atoms with Crippen LogP contribution in [0.1, 0.15) is 84.0 Å². The van der Waals surface area contributed by atoms with E-state index in [-0.39, 0.29) is 6.42 Å². The molecule has 20 heavy (non-hydrogen) atoms. The maximum atomic E-state index is 10.2. The van der Waals surface area contributed by atoms with Gasteiger partial charge in [0.1, 0.15) is 0 Å². The predicted octanol–water partition coefficient (Wildman–Crippen LogP) is 4.55. The van der Waals surface area contributed by atoms with Crippen molar-refractivity contribution in [2.45, 2.75) is 84.0 Å². The number of carbonyl (C=O) groups is 1. The second-order valence-electron chi connectivity index (χ2n) is 5.34. The van der Waals surface area contributed by atoms with E-state index < -0.39 is 5.97 Å². The zero-order chi connectivity index (χ0) is 14.9. The summed E-state index contributed by atoms with van der Waals surface area (Å²) in [6.45, 7) is 2.22. The Balaban J connectivity index is 3.16. The Kier molecular flexibility index (Phi) is 15.2. The summed E-state index contributed by atoms with van der Waals surface area (Å²) in [4.78, 5) is 10.2. The highest BCUT2D eigenvalue weighted by Crippen LogP contribution is 2.07. The molecule has 116 valence electrons. The largest absolute Gasteiger partial charge is 0.550 e. The van der Waals surface area contributed by atoms with Crippen molar-refractivity contribution < 1.29 is 9.90 Å². The normalized spacial score (nSPS) is 11.7. The number of hydrogen-bond donors (Lipinski definition) is 0. The van der Waals surface area contributed by atoms with Crippen LogP contribution in [-0.2, 0) is 4.79 Å². The average molecular weight is 279 g/mol. The van der Waals surface area contributed by atoms with Crippen LogP contribution in [0, 0.1) is 0 Å². The fourth-order valence-corrected chi connectivity index (χ4v) is 2.05. The number of hydrogen-bond acceptors (Lipinski definition) is 2. The first-order valence-electron chi connectivity index (χ1n) is 8.27. The van der Waals surface area contributed by atoms with E-state index in [1.54, 1.807) is 0 Å². The van der Waals surface area contributed by atoms with Crippen LogP contribution in [0.5, 0.6) is 0 Å². The molecule has 0 aliphatic heterocycles. The van der Waals surface area contributed by atoms with E-state index in [2.05, 4.69) is 31.2 Å². The number of unbranched alkanes of at least 4 members (excludes halogenated alkanes) is 8. The predicted molar refractivity (Wildman–Crippen MR) is 84.4 cm³/mol. The van der Waals surface area contributed by atoms with Gasteiger partial charge in [-0.2, -0.15) is 0 Å². The first kappa shape index (κ1) is 18.9. The summed E-state index contributed by atoms with van der Waals surface area (Å²) in [5.74, 6) is -0.920. The third-order valence-corrected chi connectivity index (χ3v) is 3.31. The SMILES string of the molecule is CCCC/C=C/CC/C=C/CCCCCCCC(=O)[O-]. The molecule has 0 spiro atoms. The summed E-state index contributed by atoms with van der Waals surface area (Å²) in [6, 6.07) is 0. The molecule has 0 aliphatic rings. The van der Waals surface area contributed by atoms with Gasteiger partial charge in [-0.25, -0.2) is 0 Å². The summed E-state index contributed by atoms with van der Waals surface area (Å²) in [7, 11) is 0. The van der Waals surface area contributed by atoms with Crippen LogP contribution in [0.25, 0.3) is 0 Å². The van der Waals surface area contributed by atoms with Gasteiger partial charge in [0.15, 0.2) is 0 Å². The van der Waals surface area contributed by atoms with Crippen molar-refractivity contribution in [3.05, 3.63) is 24.3 Å². The van der Waals surface area contributed by atoms with Crippen LogP contribution in [-0.4, -0.2) is 5.97 Å². The molecule has 0 fully saturated rings. The average Bonchev–Trinajstić information content (AvgIpc) is 2.43. The monoisotopic (exact) mass is 279 g/mol. The zero-order valence-corrected chi connectivity index (χ0v) is 13.1. The van der Waals surface area contributed by atoms with Gasteiger partial charge in [-0.05, 0) is 44.9 Å². The Labute approximate surface area is 125 Å². The number of carboxylic acid groups (broad SMARTS) is 1. The lowest BCUT2D eigenvalue weighted by Gasteiger charge is -2.01. The maximum absolute atomic E-state index is 10.2. The molecule has 0 bridgehead atoms. The molecule has 0 saturated heterocycles. The molecule has 2 heteroatoms. The molecule has 0 aromatic carbocycles. The summed E-state index contributed by atoms with van der Waals surface area (Å²) in [5, 5.41) is 10.2. The van der Waals surface area contributed by atoms with Gasteiger partial charge in [0, 0.05) is 5.97 Å².